The van der Waals surface area contributed by atoms with Crippen LogP contribution in [-0.2, 0) is 4.79 Å². The van der Waals surface area contributed by atoms with E-state index in [4.69, 9.17) is 0 Å². The maximum Gasteiger partial charge on any atom is 0.256 e. The average Bonchev–Trinajstić information content (AvgIpc) is 2.83. The molecule has 4 heteroatoms. The zero-order chi connectivity index (χ0) is 15.1. The van der Waals surface area contributed by atoms with E-state index in [9.17, 15) is 9.90 Å². The zero-order valence-corrected chi connectivity index (χ0v) is 11.6. The second kappa shape index (κ2) is 4.70. The standard InChI is InChI=1S/C18H12N2O2/c21-12-5-6-17-14(10-12)15(18(22)20-17)9-11-7-8-19-16-4-2-1-3-13(11)16/h1-10,21H,(H,20,22). The molecule has 0 radical (unpaired) electrons. The Morgan fingerprint density at radius 2 is 1.95 bits per heavy atom. The Morgan fingerprint density at radius 1 is 1.09 bits per heavy atom. The van der Waals surface area contributed by atoms with Gasteiger partial charge in [-0.3, -0.25) is 9.78 Å². The van der Waals surface area contributed by atoms with Crippen molar-refractivity contribution in [2.45, 2.75) is 0 Å². The number of amides is 1. The Labute approximate surface area is 126 Å². The van der Waals surface area contributed by atoms with Gasteiger partial charge in [0.2, 0.25) is 0 Å². The lowest BCUT2D eigenvalue weighted by Crippen LogP contribution is -2.03. The third-order valence-corrected chi connectivity index (χ3v) is 3.77. The molecular weight excluding hydrogens is 276 g/mol. The lowest BCUT2D eigenvalue weighted by Gasteiger charge is -2.03. The van der Waals surface area contributed by atoms with Gasteiger partial charge < -0.3 is 10.4 Å². The van der Waals surface area contributed by atoms with Crippen LogP contribution in [0.2, 0.25) is 0 Å². The zero-order valence-electron chi connectivity index (χ0n) is 11.6. The molecule has 0 saturated heterocycles. The Balaban J connectivity index is 1.93. The summed E-state index contributed by atoms with van der Waals surface area (Å²) in [6.45, 7) is 0. The minimum Gasteiger partial charge on any atom is -0.508 e. The molecule has 1 aliphatic rings. The number of carbonyl (C=O) groups excluding carboxylic acids is 1. The molecule has 0 fully saturated rings. The number of aromatic nitrogens is 1. The maximum absolute atomic E-state index is 12.2. The summed E-state index contributed by atoms with van der Waals surface area (Å²) in [5, 5.41) is 13.5. The van der Waals surface area contributed by atoms with E-state index in [2.05, 4.69) is 10.3 Å². The Kier molecular flexibility index (Phi) is 2.69. The molecule has 1 aromatic heterocycles. The van der Waals surface area contributed by atoms with Crippen LogP contribution in [0, 0.1) is 0 Å². The first kappa shape index (κ1) is 12.6. The van der Waals surface area contributed by atoms with E-state index in [0.29, 0.717) is 16.8 Å². The first-order chi connectivity index (χ1) is 10.7. The van der Waals surface area contributed by atoms with E-state index < -0.39 is 0 Å². The van der Waals surface area contributed by atoms with E-state index >= 15 is 0 Å². The molecule has 3 aromatic rings. The van der Waals surface area contributed by atoms with Crippen LogP contribution in [0.1, 0.15) is 11.1 Å². The molecule has 0 aliphatic carbocycles. The molecule has 2 aromatic carbocycles. The second-order valence-corrected chi connectivity index (χ2v) is 5.16. The topological polar surface area (TPSA) is 62.2 Å². The summed E-state index contributed by atoms with van der Waals surface area (Å²) in [5.41, 5.74) is 3.78. The van der Waals surface area contributed by atoms with Crippen LogP contribution in [0.4, 0.5) is 5.69 Å². The van der Waals surface area contributed by atoms with Crippen LogP contribution in [0.15, 0.2) is 54.7 Å². The molecule has 4 rings (SSSR count). The third-order valence-electron chi connectivity index (χ3n) is 3.77. The Bertz CT molecular complexity index is 939. The molecule has 106 valence electrons. The Morgan fingerprint density at radius 3 is 2.86 bits per heavy atom. The van der Waals surface area contributed by atoms with Crippen molar-refractivity contribution < 1.29 is 9.90 Å². The van der Waals surface area contributed by atoms with E-state index in [1.165, 1.54) is 0 Å². The minimum atomic E-state index is -0.165. The van der Waals surface area contributed by atoms with Gasteiger partial charge in [0.1, 0.15) is 5.75 Å². The number of hydrogen-bond acceptors (Lipinski definition) is 3. The second-order valence-electron chi connectivity index (χ2n) is 5.16. The number of nitrogens with one attached hydrogen (secondary N) is 1. The van der Waals surface area contributed by atoms with E-state index in [0.717, 1.165) is 16.5 Å². The van der Waals surface area contributed by atoms with Crippen molar-refractivity contribution in [2.24, 2.45) is 0 Å². The van der Waals surface area contributed by atoms with Gasteiger partial charge in [-0.2, -0.15) is 0 Å². The maximum atomic E-state index is 12.2. The van der Waals surface area contributed by atoms with Crippen molar-refractivity contribution in [1.82, 2.24) is 4.98 Å². The molecule has 0 unspecified atom stereocenters. The number of carbonyl (C=O) groups is 1. The van der Waals surface area contributed by atoms with Gasteiger partial charge in [-0.1, -0.05) is 18.2 Å². The molecule has 0 saturated carbocycles. The van der Waals surface area contributed by atoms with Crippen molar-refractivity contribution in [2.75, 3.05) is 5.32 Å². The van der Waals surface area contributed by atoms with Gasteiger partial charge in [0.25, 0.3) is 5.91 Å². The summed E-state index contributed by atoms with van der Waals surface area (Å²) >= 11 is 0. The summed E-state index contributed by atoms with van der Waals surface area (Å²) in [4.78, 5) is 16.5. The minimum absolute atomic E-state index is 0.140. The molecule has 4 nitrogen and oxygen atoms in total. The van der Waals surface area contributed by atoms with Gasteiger partial charge in [-0.25, -0.2) is 0 Å². The highest BCUT2D eigenvalue weighted by atomic mass is 16.3. The van der Waals surface area contributed by atoms with Gasteiger partial charge in [0.05, 0.1) is 5.52 Å². The quantitative estimate of drug-likeness (QED) is 0.532. The largest absolute Gasteiger partial charge is 0.508 e. The molecule has 2 N–H and O–H groups in total. The van der Waals surface area contributed by atoms with Crippen molar-refractivity contribution in [3.63, 3.8) is 0 Å². The van der Waals surface area contributed by atoms with Crippen LogP contribution in [0.3, 0.4) is 0 Å². The lowest BCUT2D eigenvalue weighted by molar-refractivity contribution is -0.110. The van der Waals surface area contributed by atoms with Gasteiger partial charge in [0.15, 0.2) is 0 Å². The van der Waals surface area contributed by atoms with Crippen LogP contribution >= 0.6 is 0 Å². The van der Waals surface area contributed by atoms with Gasteiger partial charge >= 0.3 is 0 Å². The molecule has 0 atom stereocenters. The summed E-state index contributed by atoms with van der Waals surface area (Å²) in [6.07, 6.45) is 3.57. The summed E-state index contributed by atoms with van der Waals surface area (Å²) < 4.78 is 0. The summed E-state index contributed by atoms with van der Waals surface area (Å²) in [7, 11) is 0. The highest BCUT2D eigenvalue weighted by molar-refractivity contribution is 6.35. The summed E-state index contributed by atoms with van der Waals surface area (Å²) in [6, 6.07) is 14.5. The predicted octanol–water partition coefficient (Wildman–Crippen LogP) is 3.43. The fourth-order valence-corrected chi connectivity index (χ4v) is 2.72. The highest BCUT2D eigenvalue weighted by Crippen LogP contribution is 2.36. The van der Waals surface area contributed by atoms with Crippen LogP contribution in [0.5, 0.6) is 5.75 Å². The van der Waals surface area contributed by atoms with Gasteiger partial charge in [-0.05, 0) is 42.0 Å². The Hall–Kier alpha value is -3.14. The number of nitrogens with zero attached hydrogens (tertiary/aromatic N) is 1. The number of anilines is 1. The molecule has 2 heterocycles. The number of phenolic OH excluding ortho intramolecular Hbond substituents is 1. The molecule has 22 heavy (non-hydrogen) atoms. The van der Waals surface area contributed by atoms with Crippen molar-refractivity contribution in [3.05, 3.63) is 65.9 Å². The number of phenols is 1. The normalized spacial score (nSPS) is 15.1. The molecule has 0 spiro atoms. The predicted molar refractivity (Wildman–Crippen MR) is 86.4 cm³/mol. The fourth-order valence-electron chi connectivity index (χ4n) is 2.72. The highest BCUT2D eigenvalue weighted by Gasteiger charge is 2.24. The van der Waals surface area contributed by atoms with Gasteiger partial charge in [0, 0.05) is 28.4 Å². The van der Waals surface area contributed by atoms with Crippen LogP contribution in [-0.4, -0.2) is 16.0 Å². The summed E-state index contributed by atoms with van der Waals surface area (Å²) in [5.74, 6) is -0.0257. The number of pyridine rings is 1. The van der Waals surface area contributed by atoms with Crippen molar-refractivity contribution in [3.8, 4) is 5.75 Å². The van der Waals surface area contributed by atoms with E-state index in [1.54, 1.807) is 24.4 Å². The smallest absolute Gasteiger partial charge is 0.256 e. The first-order valence-corrected chi connectivity index (χ1v) is 6.92. The fraction of sp³-hybridized carbons (Fsp3) is 0. The average molecular weight is 288 g/mol. The third kappa shape index (κ3) is 1.93. The number of fused-ring (bicyclic) bond motifs is 2. The molecule has 0 bridgehead atoms. The number of aromatic hydroxyl groups is 1. The van der Waals surface area contributed by atoms with Crippen LogP contribution in [0.25, 0.3) is 22.6 Å². The molecule has 1 amide bonds. The number of benzene rings is 2. The monoisotopic (exact) mass is 288 g/mol. The first-order valence-electron chi connectivity index (χ1n) is 6.92. The SMILES string of the molecule is O=C1Nc2ccc(O)cc2C1=Cc1ccnc2ccccc12. The number of rotatable bonds is 1. The number of para-hydroxylation sites is 1. The van der Waals surface area contributed by atoms with Gasteiger partial charge in [-0.15, -0.1) is 0 Å². The van der Waals surface area contributed by atoms with Crippen LogP contribution < -0.4 is 5.32 Å². The van der Waals surface area contributed by atoms with E-state index in [-0.39, 0.29) is 11.7 Å². The molecule has 1 aliphatic heterocycles. The molecular formula is C18H12N2O2. The van der Waals surface area contributed by atoms with Crippen molar-refractivity contribution >= 4 is 34.1 Å². The number of hydrogen-bond donors (Lipinski definition) is 2. The van der Waals surface area contributed by atoms with E-state index in [1.807, 2.05) is 36.4 Å². The van der Waals surface area contributed by atoms with Crippen molar-refractivity contribution in [1.29, 1.82) is 0 Å². The lowest BCUT2D eigenvalue weighted by atomic mass is 10.0.